The Bertz CT molecular complexity index is 875. The molecule has 0 fully saturated rings. The van der Waals surface area contributed by atoms with Crippen molar-refractivity contribution in [3.63, 3.8) is 0 Å². The van der Waals surface area contributed by atoms with Gasteiger partial charge >= 0.3 is 0 Å². The predicted molar refractivity (Wildman–Crippen MR) is 119 cm³/mol. The number of nitrogens with one attached hydrogen (secondary N) is 2. The highest BCUT2D eigenvalue weighted by Crippen LogP contribution is 2.16. The largest absolute Gasteiger partial charge is 0.354 e. The number of anilines is 2. The molecule has 4 N–H and O–H groups in total. The van der Waals surface area contributed by atoms with E-state index in [1.165, 1.54) is 11.8 Å². The fraction of sp³-hybridized carbons (Fsp3) is 0.647. The van der Waals surface area contributed by atoms with Gasteiger partial charge in [0.15, 0.2) is 0 Å². The second kappa shape index (κ2) is 10.1. The zero-order chi connectivity index (χ0) is 22.4. The molecule has 0 aromatic carbocycles. The molecule has 2 heterocycles. The highest BCUT2D eigenvalue weighted by atomic mass is 35.5. The minimum atomic E-state index is -0.331. The van der Waals surface area contributed by atoms with Crippen molar-refractivity contribution in [2.45, 2.75) is 64.6 Å². The highest BCUT2D eigenvalue weighted by Gasteiger charge is 2.22. The summed E-state index contributed by atoms with van der Waals surface area (Å²) in [5.41, 5.74) is -0.328. The molecule has 2 aromatic heterocycles. The van der Waals surface area contributed by atoms with E-state index >= 15 is 0 Å². The van der Waals surface area contributed by atoms with Gasteiger partial charge in [0.25, 0.3) is 5.56 Å². The lowest BCUT2D eigenvalue weighted by molar-refractivity contribution is 0.520. The Labute approximate surface area is 180 Å². The monoisotopic (exact) mass is 443 g/mol. The summed E-state index contributed by atoms with van der Waals surface area (Å²) < 4.78 is 1.04. The first kappa shape index (κ1) is 24.9. The molecule has 12 heteroatoms. The molecule has 162 valence electrons. The van der Waals surface area contributed by atoms with Crippen LogP contribution in [0.2, 0.25) is 5.28 Å². The molecule has 0 saturated carbocycles. The summed E-state index contributed by atoms with van der Waals surface area (Å²) in [5, 5.41) is 14.5. The van der Waals surface area contributed by atoms with E-state index in [-0.39, 0.29) is 21.8 Å². The first-order chi connectivity index (χ1) is 13.3. The summed E-state index contributed by atoms with van der Waals surface area (Å²) in [7, 11) is 0. The SMILES string of the molecule is CCNc1nc(Cl)nc(NC(C)(C)C)n1.CSc1nnc(C(C)(C)C)c(=O)n1N. The van der Waals surface area contributed by atoms with Gasteiger partial charge in [0.05, 0.1) is 0 Å². The lowest BCUT2D eigenvalue weighted by atomic mass is 9.93. The van der Waals surface area contributed by atoms with Crippen molar-refractivity contribution in [3.8, 4) is 0 Å². The second-order valence-electron chi connectivity index (χ2n) is 8.12. The number of hydrogen-bond donors (Lipinski definition) is 3. The molecule has 2 rings (SSSR count). The molecule has 0 unspecified atom stereocenters. The van der Waals surface area contributed by atoms with Gasteiger partial charge in [-0.3, -0.25) is 4.79 Å². The highest BCUT2D eigenvalue weighted by molar-refractivity contribution is 7.98. The number of nitrogens with zero attached hydrogens (tertiary/aromatic N) is 6. The Morgan fingerprint density at radius 3 is 2.14 bits per heavy atom. The van der Waals surface area contributed by atoms with Crippen LogP contribution in [0.4, 0.5) is 11.9 Å². The fourth-order valence-corrected chi connectivity index (χ4v) is 2.54. The maximum Gasteiger partial charge on any atom is 0.295 e. The third-order valence-corrected chi connectivity index (χ3v) is 4.00. The molecule has 0 aliphatic rings. The Morgan fingerprint density at radius 1 is 1.07 bits per heavy atom. The smallest absolute Gasteiger partial charge is 0.295 e. The first-order valence-electron chi connectivity index (χ1n) is 9.01. The van der Waals surface area contributed by atoms with E-state index in [0.717, 1.165) is 11.2 Å². The van der Waals surface area contributed by atoms with Gasteiger partial charge in [-0.25, -0.2) is 0 Å². The molecule has 29 heavy (non-hydrogen) atoms. The summed E-state index contributed by atoms with van der Waals surface area (Å²) in [4.78, 5) is 23.8. The predicted octanol–water partition coefficient (Wildman–Crippen LogP) is 2.54. The van der Waals surface area contributed by atoms with Crippen LogP contribution < -0.4 is 22.0 Å². The topological polar surface area (TPSA) is 137 Å². The number of nitrogens with two attached hydrogens (primary N) is 1. The van der Waals surface area contributed by atoms with Gasteiger partial charge in [0, 0.05) is 17.5 Å². The summed E-state index contributed by atoms with van der Waals surface area (Å²) in [6.07, 6.45) is 1.80. The van der Waals surface area contributed by atoms with Crippen molar-refractivity contribution in [3.05, 3.63) is 21.3 Å². The number of rotatable bonds is 4. The van der Waals surface area contributed by atoms with Crippen LogP contribution in [0, 0.1) is 0 Å². The van der Waals surface area contributed by atoms with E-state index in [1.807, 2.05) is 48.5 Å². The number of halogens is 1. The van der Waals surface area contributed by atoms with Gasteiger partial charge in [-0.05, 0) is 45.6 Å². The molecular formula is C17H30ClN9OS. The lowest BCUT2D eigenvalue weighted by Gasteiger charge is -2.20. The van der Waals surface area contributed by atoms with Crippen molar-refractivity contribution >= 4 is 35.3 Å². The molecule has 0 bridgehead atoms. The molecule has 0 amide bonds. The molecule has 0 atom stereocenters. The summed E-state index contributed by atoms with van der Waals surface area (Å²) in [6.45, 7) is 14.5. The van der Waals surface area contributed by atoms with Crippen molar-refractivity contribution < 1.29 is 0 Å². The third-order valence-electron chi connectivity index (χ3n) is 3.19. The van der Waals surface area contributed by atoms with E-state index < -0.39 is 0 Å². The Balaban J connectivity index is 0.000000291. The number of nitrogen functional groups attached to an aromatic ring is 1. The normalized spacial score (nSPS) is 11.5. The van der Waals surface area contributed by atoms with E-state index in [2.05, 4.69) is 35.8 Å². The van der Waals surface area contributed by atoms with E-state index in [4.69, 9.17) is 17.4 Å². The molecule has 0 saturated heterocycles. The summed E-state index contributed by atoms with van der Waals surface area (Å²) in [5.74, 6) is 6.55. The average molecular weight is 444 g/mol. The van der Waals surface area contributed by atoms with Gasteiger partial charge in [0.1, 0.15) is 5.69 Å². The van der Waals surface area contributed by atoms with Crippen LogP contribution in [0.3, 0.4) is 0 Å². The van der Waals surface area contributed by atoms with Crippen LogP contribution >= 0.6 is 23.4 Å². The number of thioether (sulfide) groups is 1. The van der Waals surface area contributed by atoms with Crippen molar-refractivity contribution in [1.29, 1.82) is 0 Å². The van der Waals surface area contributed by atoms with Crippen molar-refractivity contribution in [2.75, 3.05) is 29.3 Å². The third kappa shape index (κ3) is 8.01. The van der Waals surface area contributed by atoms with Gasteiger partial charge in [0.2, 0.25) is 22.3 Å². The number of aromatic nitrogens is 6. The lowest BCUT2D eigenvalue weighted by Crippen LogP contribution is -2.37. The molecule has 2 aromatic rings. The Kier molecular flexibility index (Phi) is 8.64. The van der Waals surface area contributed by atoms with Gasteiger partial charge in [-0.15, -0.1) is 10.2 Å². The minimum Gasteiger partial charge on any atom is -0.354 e. The van der Waals surface area contributed by atoms with Gasteiger partial charge in [-0.2, -0.15) is 19.6 Å². The van der Waals surface area contributed by atoms with Crippen LogP contribution in [-0.4, -0.2) is 48.2 Å². The Morgan fingerprint density at radius 2 is 1.66 bits per heavy atom. The van der Waals surface area contributed by atoms with Crippen LogP contribution in [0.25, 0.3) is 0 Å². The maximum atomic E-state index is 11.7. The molecule has 0 spiro atoms. The maximum absolute atomic E-state index is 11.7. The zero-order valence-corrected chi connectivity index (χ0v) is 19.7. The molecule has 10 nitrogen and oxygen atoms in total. The van der Waals surface area contributed by atoms with Gasteiger partial charge in [-0.1, -0.05) is 32.5 Å². The first-order valence-corrected chi connectivity index (χ1v) is 10.6. The summed E-state index contributed by atoms with van der Waals surface area (Å²) >= 11 is 7.07. The van der Waals surface area contributed by atoms with Gasteiger partial charge < -0.3 is 16.5 Å². The van der Waals surface area contributed by atoms with E-state index in [1.54, 1.807) is 6.26 Å². The molecule has 0 aliphatic carbocycles. The van der Waals surface area contributed by atoms with Crippen LogP contribution in [0.1, 0.15) is 54.2 Å². The fourth-order valence-electron chi connectivity index (χ4n) is 1.97. The van der Waals surface area contributed by atoms with Crippen LogP contribution in [0.5, 0.6) is 0 Å². The molecule has 0 radical (unpaired) electrons. The molecule has 0 aliphatic heterocycles. The van der Waals surface area contributed by atoms with Crippen LogP contribution in [-0.2, 0) is 5.41 Å². The minimum absolute atomic E-state index is 0.103. The van der Waals surface area contributed by atoms with Crippen LogP contribution in [0.15, 0.2) is 9.95 Å². The Hall–Kier alpha value is -2.14. The summed E-state index contributed by atoms with van der Waals surface area (Å²) in [6, 6.07) is 0. The molecular weight excluding hydrogens is 414 g/mol. The van der Waals surface area contributed by atoms with E-state index in [9.17, 15) is 4.79 Å². The standard InChI is InChI=1S/C9H16ClN5.C8H14N4OS/c1-5-11-7-12-6(10)13-8(14-7)15-9(2,3)4;1-8(2,3)5-6(13)12(9)7(14-4)11-10-5/h5H2,1-4H3,(H2,11,12,13,14,15);9H2,1-4H3. The van der Waals surface area contributed by atoms with Crippen molar-refractivity contribution in [1.82, 2.24) is 29.8 Å². The second-order valence-corrected chi connectivity index (χ2v) is 9.23. The number of hydrogen-bond acceptors (Lipinski definition) is 10. The zero-order valence-electron chi connectivity index (χ0n) is 18.2. The van der Waals surface area contributed by atoms with E-state index in [0.29, 0.717) is 22.7 Å². The average Bonchev–Trinajstić information content (AvgIpc) is 2.55. The quantitative estimate of drug-likeness (QED) is 0.477. The van der Waals surface area contributed by atoms with Crippen molar-refractivity contribution in [2.24, 2.45) is 0 Å².